The van der Waals surface area contributed by atoms with E-state index in [2.05, 4.69) is 16.0 Å². The average molecular weight is 718 g/mol. The Kier molecular flexibility index (Phi) is 17.0. The van der Waals surface area contributed by atoms with Gasteiger partial charge in [-0.3, -0.25) is 19.2 Å². The van der Waals surface area contributed by atoms with Crippen molar-refractivity contribution in [3.8, 4) is 0 Å². The van der Waals surface area contributed by atoms with Crippen molar-refractivity contribution in [2.24, 2.45) is 17.8 Å². The van der Waals surface area contributed by atoms with Crippen LogP contribution >= 0.6 is 0 Å². The average Bonchev–Trinajstić information content (AvgIpc) is 3.59. The number of benzene rings is 1. The predicted molar refractivity (Wildman–Crippen MR) is 196 cm³/mol. The number of carbonyl (C=O) groups is 5. The standard InChI is InChI=1S/C38H63N5O8/c1-12-24(4)32(42(9)35(46)31(23(2)3)41-37(49)38(6,7)39-8)29(50-10)22-30(44)43-20-16-19-28(43)33(51-11)25(5)34(45)40-27(36(47)48)21-26-17-14-13-15-18-26/h13-15,17-18,23-25,27-29,31-33,39H,12,16,19-22H2,1-11H3,(H,40,45)(H,41,49)(H,47,48)/t24-,25+,27+,28-,29+,31-,32-,33+/m0/s1. The molecule has 2 rings (SSSR count). The number of likely N-dealkylation sites (tertiary alicyclic amines) is 1. The molecule has 0 radical (unpaired) electrons. The second-order valence-electron chi connectivity index (χ2n) is 14.7. The van der Waals surface area contributed by atoms with Crippen LogP contribution in [0, 0.1) is 17.8 Å². The summed E-state index contributed by atoms with van der Waals surface area (Å²) in [4.78, 5) is 70.0. The molecule has 1 aliphatic rings. The number of rotatable bonds is 20. The van der Waals surface area contributed by atoms with Crippen LogP contribution in [0.5, 0.6) is 0 Å². The van der Waals surface area contributed by atoms with Gasteiger partial charge in [-0.25, -0.2) is 4.79 Å². The molecule has 1 aliphatic heterocycles. The molecule has 51 heavy (non-hydrogen) atoms. The van der Waals surface area contributed by atoms with Gasteiger partial charge in [-0.15, -0.1) is 0 Å². The molecule has 0 aromatic heterocycles. The Morgan fingerprint density at radius 1 is 1.02 bits per heavy atom. The Hall–Kier alpha value is -3.55. The van der Waals surface area contributed by atoms with Gasteiger partial charge in [-0.2, -0.15) is 0 Å². The van der Waals surface area contributed by atoms with Crippen LogP contribution in [0.25, 0.3) is 0 Å². The summed E-state index contributed by atoms with van der Waals surface area (Å²) in [6, 6.07) is 6.27. The minimum Gasteiger partial charge on any atom is -0.480 e. The Balaban J connectivity index is 2.26. The Morgan fingerprint density at radius 2 is 1.65 bits per heavy atom. The monoisotopic (exact) mass is 717 g/mol. The summed E-state index contributed by atoms with van der Waals surface area (Å²) in [6.45, 7) is 13.4. The highest BCUT2D eigenvalue weighted by Gasteiger charge is 2.43. The lowest BCUT2D eigenvalue weighted by Gasteiger charge is -2.41. The van der Waals surface area contributed by atoms with Crippen LogP contribution < -0.4 is 16.0 Å². The predicted octanol–water partition coefficient (Wildman–Crippen LogP) is 2.86. The van der Waals surface area contributed by atoms with Crippen LogP contribution in [0.4, 0.5) is 0 Å². The summed E-state index contributed by atoms with van der Waals surface area (Å²) in [7, 11) is 6.41. The summed E-state index contributed by atoms with van der Waals surface area (Å²) in [5, 5.41) is 18.4. The fraction of sp³-hybridized carbons (Fsp3) is 0.711. The summed E-state index contributed by atoms with van der Waals surface area (Å²) >= 11 is 0. The summed E-state index contributed by atoms with van der Waals surface area (Å²) in [5.41, 5.74) is -0.0968. The van der Waals surface area contributed by atoms with Gasteiger partial charge in [0.2, 0.25) is 23.6 Å². The number of carboxylic acids is 1. The molecule has 4 N–H and O–H groups in total. The lowest BCUT2D eigenvalue weighted by atomic mass is 9.89. The normalized spacial score (nSPS) is 19.0. The molecule has 13 nitrogen and oxygen atoms in total. The van der Waals surface area contributed by atoms with E-state index in [-0.39, 0.29) is 42.4 Å². The number of aliphatic carboxylic acids is 1. The Bertz CT molecular complexity index is 1310. The van der Waals surface area contributed by atoms with E-state index in [9.17, 15) is 29.1 Å². The molecule has 0 bridgehead atoms. The number of hydrogen-bond donors (Lipinski definition) is 4. The van der Waals surface area contributed by atoms with Crippen molar-refractivity contribution < 1.29 is 38.6 Å². The van der Waals surface area contributed by atoms with E-state index >= 15 is 0 Å². The first-order valence-electron chi connectivity index (χ1n) is 18.1. The fourth-order valence-electron chi connectivity index (χ4n) is 6.83. The summed E-state index contributed by atoms with van der Waals surface area (Å²) in [5.74, 6) is -3.36. The molecule has 0 spiro atoms. The number of nitrogens with zero attached hydrogens (tertiary/aromatic N) is 2. The van der Waals surface area contributed by atoms with E-state index in [4.69, 9.17) is 9.47 Å². The Morgan fingerprint density at radius 3 is 2.16 bits per heavy atom. The smallest absolute Gasteiger partial charge is 0.326 e. The molecule has 4 amide bonds. The maximum atomic E-state index is 14.1. The van der Waals surface area contributed by atoms with Crippen molar-refractivity contribution in [1.29, 1.82) is 0 Å². The minimum atomic E-state index is -1.14. The Labute approximate surface area is 304 Å². The summed E-state index contributed by atoms with van der Waals surface area (Å²) in [6.07, 6.45) is 0.809. The van der Waals surface area contributed by atoms with Gasteiger partial charge in [-0.1, -0.05) is 71.4 Å². The van der Waals surface area contributed by atoms with Gasteiger partial charge in [0.1, 0.15) is 12.1 Å². The van der Waals surface area contributed by atoms with Crippen LogP contribution in [0.15, 0.2) is 30.3 Å². The molecule has 8 atom stereocenters. The molecule has 1 fully saturated rings. The van der Waals surface area contributed by atoms with E-state index in [1.165, 1.54) is 14.2 Å². The van der Waals surface area contributed by atoms with Crippen LogP contribution in [0.1, 0.15) is 79.7 Å². The zero-order valence-electron chi connectivity index (χ0n) is 32.5. The third-order valence-corrected chi connectivity index (χ3v) is 10.6. The first kappa shape index (κ1) is 43.6. The fourth-order valence-corrected chi connectivity index (χ4v) is 6.83. The second-order valence-corrected chi connectivity index (χ2v) is 14.7. The number of hydrogen-bond acceptors (Lipinski definition) is 8. The highest BCUT2D eigenvalue weighted by atomic mass is 16.5. The molecule has 1 heterocycles. The van der Waals surface area contributed by atoms with Crippen LogP contribution in [-0.4, -0.2) is 121 Å². The van der Waals surface area contributed by atoms with Gasteiger partial charge in [0, 0.05) is 34.2 Å². The zero-order valence-corrected chi connectivity index (χ0v) is 32.5. The van der Waals surface area contributed by atoms with Crippen molar-refractivity contribution >= 4 is 29.6 Å². The van der Waals surface area contributed by atoms with E-state index in [0.717, 1.165) is 5.56 Å². The number of carboxylic acid groups (broad SMARTS) is 1. The lowest BCUT2D eigenvalue weighted by molar-refractivity contribution is -0.148. The number of nitrogens with one attached hydrogen (secondary N) is 3. The van der Waals surface area contributed by atoms with Crippen LogP contribution in [0.2, 0.25) is 0 Å². The van der Waals surface area contributed by atoms with E-state index in [0.29, 0.717) is 25.8 Å². The van der Waals surface area contributed by atoms with Gasteiger partial charge >= 0.3 is 5.97 Å². The van der Waals surface area contributed by atoms with Gasteiger partial charge in [0.15, 0.2) is 0 Å². The first-order valence-corrected chi connectivity index (χ1v) is 18.1. The molecule has 0 saturated carbocycles. The SMILES string of the molecule is CC[C@H](C)[C@@H]([C@@H](CC(=O)N1CCC[C@H]1[C@H](OC)[C@@H](C)C(=O)N[C@H](Cc1ccccc1)C(=O)O)OC)N(C)C(=O)[C@@H](NC(=O)C(C)(C)NC)C(C)C. The molecular formula is C38H63N5O8. The van der Waals surface area contributed by atoms with Gasteiger partial charge in [0.05, 0.1) is 42.2 Å². The molecule has 0 aliphatic carbocycles. The van der Waals surface area contributed by atoms with Crippen molar-refractivity contribution in [2.45, 2.75) is 122 Å². The second kappa shape index (κ2) is 19.9. The van der Waals surface area contributed by atoms with E-state index in [1.54, 1.807) is 44.7 Å². The third kappa shape index (κ3) is 11.5. The molecular weight excluding hydrogens is 654 g/mol. The van der Waals surface area contributed by atoms with Crippen molar-refractivity contribution in [3.05, 3.63) is 35.9 Å². The number of methoxy groups -OCH3 is 2. The first-order chi connectivity index (χ1) is 23.9. The van der Waals surface area contributed by atoms with Crippen LogP contribution in [0.3, 0.4) is 0 Å². The van der Waals surface area contributed by atoms with Crippen molar-refractivity contribution in [2.75, 3.05) is 34.9 Å². The van der Waals surface area contributed by atoms with Gasteiger partial charge < -0.3 is 40.3 Å². The van der Waals surface area contributed by atoms with E-state index in [1.807, 2.05) is 58.0 Å². The number of likely N-dealkylation sites (N-methyl/N-ethyl adjacent to an activating group) is 2. The lowest BCUT2D eigenvalue weighted by Crippen LogP contribution is -2.61. The number of carbonyl (C=O) groups excluding carboxylic acids is 4. The maximum Gasteiger partial charge on any atom is 0.326 e. The molecule has 13 heteroatoms. The molecule has 1 aromatic rings. The quantitative estimate of drug-likeness (QED) is 0.159. The van der Waals surface area contributed by atoms with Crippen LogP contribution in [-0.2, 0) is 39.9 Å². The minimum absolute atomic E-state index is 0.0136. The largest absolute Gasteiger partial charge is 0.480 e. The highest BCUT2D eigenvalue weighted by Crippen LogP contribution is 2.30. The van der Waals surface area contributed by atoms with Crippen molar-refractivity contribution in [3.63, 3.8) is 0 Å². The zero-order chi connectivity index (χ0) is 38.6. The third-order valence-electron chi connectivity index (χ3n) is 10.6. The molecule has 0 unspecified atom stereocenters. The van der Waals surface area contributed by atoms with E-state index < -0.39 is 59.7 Å². The van der Waals surface area contributed by atoms with Gasteiger partial charge in [0.25, 0.3) is 0 Å². The number of ether oxygens (including phenoxy) is 2. The molecule has 1 saturated heterocycles. The van der Waals surface area contributed by atoms with Crippen molar-refractivity contribution in [1.82, 2.24) is 25.8 Å². The topological polar surface area (TPSA) is 167 Å². The molecule has 1 aromatic carbocycles. The van der Waals surface area contributed by atoms with Gasteiger partial charge in [-0.05, 0) is 51.1 Å². The number of amides is 4. The highest BCUT2D eigenvalue weighted by molar-refractivity contribution is 5.92. The summed E-state index contributed by atoms with van der Waals surface area (Å²) < 4.78 is 11.8. The molecule has 288 valence electrons. The maximum absolute atomic E-state index is 14.1.